The number of aromatic nitrogens is 5. The van der Waals surface area contributed by atoms with Gasteiger partial charge in [-0.1, -0.05) is 42.0 Å². The van der Waals surface area contributed by atoms with Gasteiger partial charge in [0.25, 0.3) is 5.56 Å². The van der Waals surface area contributed by atoms with Crippen molar-refractivity contribution in [3.8, 4) is 0 Å². The first-order valence-corrected chi connectivity index (χ1v) is 8.57. The van der Waals surface area contributed by atoms with E-state index in [9.17, 15) is 9.59 Å². The molecule has 0 aliphatic carbocycles. The van der Waals surface area contributed by atoms with Gasteiger partial charge in [0.2, 0.25) is 0 Å². The molecule has 2 heterocycles. The molecule has 3 aromatic rings. The highest BCUT2D eigenvalue weighted by atomic mass is 16.5. The Bertz CT molecular complexity index is 975. The number of benzene rings is 1. The summed E-state index contributed by atoms with van der Waals surface area (Å²) >= 11 is 0. The van der Waals surface area contributed by atoms with Gasteiger partial charge in [-0.25, -0.2) is 14.5 Å². The summed E-state index contributed by atoms with van der Waals surface area (Å²) in [5.74, 6) is -0.453. The number of carbonyl (C=O) groups is 1. The van der Waals surface area contributed by atoms with Gasteiger partial charge in [-0.05, 0) is 25.8 Å². The molecule has 0 spiro atoms. The van der Waals surface area contributed by atoms with Crippen molar-refractivity contribution in [3.63, 3.8) is 0 Å². The molecule has 0 saturated heterocycles. The van der Waals surface area contributed by atoms with Crippen LogP contribution in [0.4, 0.5) is 0 Å². The first-order chi connectivity index (χ1) is 12.5. The molecule has 8 nitrogen and oxygen atoms in total. The number of nitrogens with zero attached hydrogens (tertiary/aromatic N) is 5. The van der Waals surface area contributed by atoms with Gasteiger partial charge in [-0.3, -0.25) is 9.36 Å². The second kappa shape index (κ2) is 7.47. The molecule has 2 aromatic heterocycles. The number of rotatable bonds is 6. The fraction of sp³-hybridized carbons (Fsp3) is 0.389. The van der Waals surface area contributed by atoms with Crippen molar-refractivity contribution in [2.45, 2.75) is 39.8 Å². The van der Waals surface area contributed by atoms with Crippen molar-refractivity contribution >= 4 is 17.1 Å². The van der Waals surface area contributed by atoms with Crippen molar-refractivity contribution < 1.29 is 9.53 Å². The fourth-order valence-electron chi connectivity index (χ4n) is 2.78. The van der Waals surface area contributed by atoms with Crippen LogP contribution in [0.1, 0.15) is 37.4 Å². The average molecular weight is 355 g/mol. The summed E-state index contributed by atoms with van der Waals surface area (Å²) in [6, 6.07) is 7.30. The summed E-state index contributed by atoms with van der Waals surface area (Å²) < 4.78 is 7.89. The zero-order chi connectivity index (χ0) is 18.7. The molecular weight excluding hydrogens is 334 g/mol. The number of esters is 1. The predicted molar refractivity (Wildman–Crippen MR) is 95.8 cm³/mol. The summed E-state index contributed by atoms with van der Waals surface area (Å²) in [6.07, 6.45) is 1.79. The lowest BCUT2D eigenvalue weighted by molar-refractivity contribution is -0.147. The summed E-state index contributed by atoms with van der Waals surface area (Å²) in [4.78, 5) is 29.2. The van der Waals surface area contributed by atoms with Gasteiger partial charge in [0.1, 0.15) is 12.4 Å². The van der Waals surface area contributed by atoms with E-state index in [1.54, 1.807) is 11.6 Å². The van der Waals surface area contributed by atoms with E-state index in [4.69, 9.17) is 4.74 Å². The van der Waals surface area contributed by atoms with Crippen LogP contribution < -0.4 is 5.56 Å². The Morgan fingerprint density at radius 1 is 1.23 bits per heavy atom. The lowest BCUT2D eigenvalue weighted by Gasteiger charge is -2.15. The predicted octanol–water partition coefficient (Wildman–Crippen LogP) is 1.86. The lowest BCUT2D eigenvalue weighted by atomic mass is 10.1. The van der Waals surface area contributed by atoms with Crippen LogP contribution >= 0.6 is 0 Å². The molecule has 1 aromatic carbocycles. The number of ether oxygens (including phenoxy) is 1. The van der Waals surface area contributed by atoms with Crippen molar-refractivity contribution in [1.82, 2.24) is 24.5 Å². The van der Waals surface area contributed by atoms with Crippen molar-refractivity contribution in [2.75, 3.05) is 6.61 Å². The monoisotopic (exact) mass is 355 g/mol. The summed E-state index contributed by atoms with van der Waals surface area (Å²) in [5, 5.41) is 8.04. The Hall–Kier alpha value is -3.03. The summed E-state index contributed by atoms with van der Waals surface area (Å²) in [5.41, 5.74) is 2.34. The van der Waals surface area contributed by atoms with E-state index in [2.05, 4.69) is 15.3 Å². The Morgan fingerprint density at radius 3 is 2.62 bits per heavy atom. The third-order valence-electron chi connectivity index (χ3n) is 4.18. The van der Waals surface area contributed by atoms with E-state index in [-0.39, 0.29) is 12.1 Å². The Kier molecular flexibility index (Phi) is 5.11. The second-order valence-corrected chi connectivity index (χ2v) is 6.04. The van der Waals surface area contributed by atoms with E-state index < -0.39 is 17.6 Å². The number of aryl methyl sites for hydroxylation is 1. The molecule has 136 valence electrons. The highest BCUT2D eigenvalue weighted by Gasteiger charge is 2.23. The molecule has 26 heavy (non-hydrogen) atoms. The molecule has 0 unspecified atom stereocenters. The zero-order valence-electron chi connectivity index (χ0n) is 15.0. The minimum Gasteiger partial charge on any atom is -0.464 e. The molecule has 0 aliphatic heterocycles. The van der Waals surface area contributed by atoms with Gasteiger partial charge in [-0.2, -0.15) is 0 Å². The lowest BCUT2D eigenvalue weighted by Crippen LogP contribution is -2.31. The number of hydrogen-bond donors (Lipinski definition) is 0. The SMILES string of the molecule is CCOC(=O)[C@@H](CC)n1cnc2c(nnn2Cc2ccc(C)cc2)c1=O. The van der Waals surface area contributed by atoms with E-state index >= 15 is 0 Å². The van der Waals surface area contributed by atoms with Crippen LogP contribution in [-0.2, 0) is 16.1 Å². The van der Waals surface area contributed by atoms with Crippen LogP contribution in [-0.4, -0.2) is 37.1 Å². The average Bonchev–Trinajstić information content (AvgIpc) is 3.03. The van der Waals surface area contributed by atoms with Crippen LogP contribution in [0.15, 0.2) is 35.4 Å². The van der Waals surface area contributed by atoms with Gasteiger partial charge in [0.05, 0.1) is 13.2 Å². The third kappa shape index (κ3) is 3.35. The Balaban J connectivity index is 1.97. The van der Waals surface area contributed by atoms with Crippen LogP contribution in [0.2, 0.25) is 0 Å². The minimum absolute atomic E-state index is 0.141. The molecule has 0 N–H and O–H groups in total. The van der Waals surface area contributed by atoms with E-state index in [1.165, 1.54) is 16.5 Å². The number of hydrogen-bond acceptors (Lipinski definition) is 6. The van der Waals surface area contributed by atoms with E-state index in [0.717, 1.165) is 5.56 Å². The van der Waals surface area contributed by atoms with Crippen molar-refractivity contribution in [3.05, 3.63) is 52.1 Å². The molecular formula is C18H21N5O3. The summed E-state index contributed by atoms with van der Waals surface area (Å²) in [7, 11) is 0. The number of fused-ring (bicyclic) bond motifs is 1. The van der Waals surface area contributed by atoms with E-state index in [1.807, 2.05) is 38.1 Å². The smallest absolute Gasteiger partial charge is 0.329 e. The molecule has 1 atom stereocenters. The Morgan fingerprint density at radius 2 is 1.96 bits per heavy atom. The van der Waals surface area contributed by atoms with Gasteiger partial charge in [0, 0.05) is 0 Å². The van der Waals surface area contributed by atoms with E-state index in [0.29, 0.717) is 18.6 Å². The van der Waals surface area contributed by atoms with Crippen LogP contribution in [0.25, 0.3) is 11.2 Å². The Labute approximate surface area is 150 Å². The highest BCUT2D eigenvalue weighted by molar-refractivity contribution is 5.75. The maximum absolute atomic E-state index is 12.7. The summed E-state index contributed by atoms with van der Waals surface area (Å²) in [6.45, 7) is 6.28. The number of carbonyl (C=O) groups excluding carboxylic acids is 1. The minimum atomic E-state index is -0.721. The quantitative estimate of drug-likeness (QED) is 0.627. The molecule has 0 fully saturated rings. The molecule has 0 aliphatic rings. The van der Waals surface area contributed by atoms with Crippen LogP contribution in [0, 0.1) is 6.92 Å². The van der Waals surface area contributed by atoms with Gasteiger partial charge in [-0.15, -0.1) is 5.10 Å². The maximum atomic E-state index is 12.7. The largest absolute Gasteiger partial charge is 0.464 e. The topological polar surface area (TPSA) is 91.9 Å². The molecule has 0 bridgehead atoms. The van der Waals surface area contributed by atoms with Crippen molar-refractivity contribution in [1.29, 1.82) is 0 Å². The fourth-order valence-corrected chi connectivity index (χ4v) is 2.78. The standard InChI is InChI=1S/C18H21N5O3/c1-4-14(18(25)26-5-2)22-11-19-16-15(17(22)24)20-21-23(16)10-13-8-6-12(3)7-9-13/h6-9,11,14H,4-5,10H2,1-3H3/t14-/m1/s1. The zero-order valence-corrected chi connectivity index (χ0v) is 15.0. The molecule has 0 amide bonds. The van der Waals surface area contributed by atoms with Gasteiger partial charge in [0.15, 0.2) is 11.2 Å². The van der Waals surface area contributed by atoms with Crippen molar-refractivity contribution in [2.24, 2.45) is 0 Å². The molecule has 8 heteroatoms. The highest BCUT2D eigenvalue weighted by Crippen LogP contribution is 2.13. The molecule has 0 radical (unpaired) electrons. The van der Waals surface area contributed by atoms with Gasteiger partial charge >= 0.3 is 5.97 Å². The van der Waals surface area contributed by atoms with Crippen LogP contribution in [0.5, 0.6) is 0 Å². The first kappa shape index (κ1) is 17.8. The van der Waals surface area contributed by atoms with Gasteiger partial charge < -0.3 is 4.74 Å². The normalized spacial score (nSPS) is 12.3. The second-order valence-electron chi connectivity index (χ2n) is 6.04. The molecule has 0 saturated carbocycles. The maximum Gasteiger partial charge on any atom is 0.329 e. The first-order valence-electron chi connectivity index (χ1n) is 8.57. The molecule has 3 rings (SSSR count). The third-order valence-corrected chi connectivity index (χ3v) is 4.18. The van der Waals surface area contributed by atoms with Crippen LogP contribution in [0.3, 0.4) is 0 Å².